The summed E-state index contributed by atoms with van der Waals surface area (Å²) in [5.74, 6) is 0. The van der Waals surface area contributed by atoms with Crippen molar-refractivity contribution in [2.24, 2.45) is 0 Å². The van der Waals surface area contributed by atoms with Crippen molar-refractivity contribution in [3.05, 3.63) is 66.9 Å². The van der Waals surface area contributed by atoms with E-state index in [-0.39, 0.29) is 10.7 Å². The van der Waals surface area contributed by atoms with Crippen LogP contribution in [0.3, 0.4) is 0 Å². The molecule has 0 aliphatic rings. The molecule has 0 saturated carbocycles. The average Bonchev–Trinajstić information content (AvgIpc) is 2.43. The number of H-pyrrole nitrogens is 1. The molecule has 4 nitrogen and oxygen atoms in total. The summed E-state index contributed by atoms with van der Waals surface area (Å²) in [5, 5.41) is 0.165. The first-order chi connectivity index (χ1) is 10.0. The zero-order valence-corrected chi connectivity index (χ0v) is 13.0. The summed E-state index contributed by atoms with van der Waals surface area (Å²) < 4.78 is 1.24. The highest BCUT2D eigenvalue weighted by atomic mass is 35.5. The first-order valence-electron chi connectivity index (χ1n) is 7.10. The summed E-state index contributed by atoms with van der Waals surface area (Å²) in [7, 11) is 0. The molecule has 1 aromatic heterocycles. The van der Waals surface area contributed by atoms with E-state index >= 15 is 0 Å². The molecule has 21 heavy (non-hydrogen) atoms. The molecule has 0 atom stereocenters. The number of nitrogens with one attached hydrogen (secondary N) is 1. The van der Waals surface area contributed by atoms with Crippen LogP contribution in [-0.4, -0.2) is 9.55 Å². The second-order valence-electron chi connectivity index (χ2n) is 5.17. The van der Waals surface area contributed by atoms with E-state index < -0.39 is 5.69 Å². The predicted octanol–water partition coefficient (Wildman–Crippen LogP) is 2.69. The van der Waals surface area contributed by atoms with Gasteiger partial charge in [0.15, 0.2) is 0 Å². The lowest BCUT2D eigenvalue weighted by molar-refractivity contribution is 0.617. The second-order valence-corrected chi connectivity index (χ2v) is 5.55. The van der Waals surface area contributed by atoms with Gasteiger partial charge in [-0.15, -0.1) is 0 Å². The summed E-state index contributed by atoms with van der Waals surface area (Å²) in [6, 6.07) is 8.05. The largest absolute Gasteiger partial charge is 0.329 e. The number of aromatic amines is 1. The van der Waals surface area contributed by atoms with Crippen molar-refractivity contribution >= 4 is 11.6 Å². The second kappa shape index (κ2) is 6.76. The lowest BCUT2D eigenvalue weighted by Crippen LogP contribution is -2.38. The van der Waals surface area contributed by atoms with Crippen molar-refractivity contribution in [3.63, 3.8) is 0 Å². The summed E-state index contributed by atoms with van der Waals surface area (Å²) >= 11 is 5.95. The van der Waals surface area contributed by atoms with Crippen LogP contribution in [0.4, 0.5) is 0 Å². The van der Waals surface area contributed by atoms with Crippen LogP contribution < -0.4 is 11.2 Å². The maximum absolute atomic E-state index is 12.3. The summed E-state index contributed by atoms with van der Waals surface area (Å²) in [6.45, 7) is 4.34. The molecule has 2 aromatic rings. The van der Waals surface area contributed by atoms with Crippen molar-refractivity contribution in [1.82, 2.24) is 9.55 Å². The third kappa shape index (κ3) is 3.64. The number of aryl methyl sites for hydroxylation is 2. The number of nitrogens with zero attached hydrogens (tertiary/aromatic N) is 1. The smallest absolute Gasteiger partial charge is 0.297 e. The Balaban J connectivity index is 2.30. The molecule has 0 aliphatic carbocycles. The maximum atomic E-state index is 12.3. The molecular formula is C16H19ClN2O2. The van der Waals surface area contributed by atoms with Crippen LogP contribution >= 0.6 is 11.6 Å². The number of halogens is 1. The van der Waals surface area contributed by atoms with E-state index in [1.807, 2.05) is 32.0 Å². The maximum Gasteiger partial charge on any atom is 0.329 e. The van der Waals surface area contributed by atoms with Crippen LogP contribution in [0.1, 0.15) is 30.0 Å². The molecule has 1 aromatic carbocycles. The molecule has 0 spiro atoms. The van der Waals surface area contributed by atoms with Crippen LogP contribution in [0.5, 0.6) is 0 Å². The van der Waals surface area contributed by atoms with E-state index in [1.54, 1.807) is 0 Å². The van der Waals surface area contributed by atoms with E-state index in [2.05, 4.69) is 11.1 Å². The molecule has 0 fully saturated rings. The van der Waals surface area contributed by atoms with Crippen molar-refractivity contribution in [2.45, 2.75) is 39.7 Å². The van der Waals surface area contributed by atoms with Gasteiger partial charge in [-0.2, -0.15) is 0 Å². The minimum Gasteiger partial charge on any atom is -0.297 e. The molecule has 0 radical (unpaired) electrons. The molecule has 112 valence electrons. The molecule has 0 unspecified atom stereocenters. The van der Waals surface area contributed by atoms with Crippen LogP contribution in [0.15, 0.2) is 33.9 Å². The Bertz CT molecular complexity index is 747. The van der Waals surface area contributed by atoms with Crippen LogP contribution in [-0.2, 0) is 19.4 Å². The first-order valence-corrected chi connectivity index (χ1v) is 7.47. The Labute approximate surface area is 128 Å². The van der Waals surface area contributed by atoms with Crippen molar-refractivity contribution in [3.8, 4) is 0 Å². The van der Waals surface area contributed by atoms with Gasteiger partial charge in [-0.3, -0.25) is 14.3 Å². The molecule has 0 bridgehead atoms. The van der Waals surface area contributed by atoms with Gasteiger partial charge in [0.05, 0.1) is 5.56 Å². The van der Waals surface area contributed by atoms with Crippen LogP contribution in [0, 0.1) is 6.92 Å². The summed E-state index contributed by atoms with van der Waals surface area (Å²) in [5.41, 5.74) is 2.03. The zero-order chi connectivity index (χ0) is 15.4. The standard InChI is InChI=1S/C16H19ClN2O2/c1-3-5-13-14(17)18-16(21)19(15(13)20)9-8-12-7-4-6-11(2)10-12/h4,6-7,10H,3,5,8-9H2,1-2H3,(H,18,21). The van der Waals surface area contributed by atoms with Gasteiger partial charge in [-0.25, -0.2) is 4.79 Å². The third-order valence-corrected chi connectivity index (χ3v) is 3.76. The lowest BCUT2D eigenvalue weighted by Gasteiger charge is -2.09. The van der Waals surface area contributed by atoms with E-state index in [4.69, 9.17) is 11.6 Å². The minimum atomic E-state index is -0.447. The molecule has 0 saturated heterocycles. The van der Waals surface area contributed by atoms with Gasteiger partial charge in [0.2, 0.25) is 0 Å². The molecular weight excluding hydrogens is 288 g/mol. The predicted molar refractivity (Wildman–Crippen MR) is 85.2 cm³/mol. The van der Waals surface area contributed by atoms with E-state index in [0.717, 1.165) is 17.5 Å². The fourth-order valence-electron chi connectivity index (χ4n) is 2.36. The molecule has 0 amide bonds. The Morgan fingerprint density at radius 1 is 1.24 bits per heavy atom. The summed E-state index contributed by atoms with van der Waals surface area (Å²) in [6.07, 6.45) is 2.01. The van der Waals surface area contributed by atoms with E-state index in [9.17, 15) is 9.59 Å². The topological polar surface area (TPSA) is 54.9 Å². The molecule has 5 heteroatoms. The van der Waals surface area contributed by atoms with Gasteiger partial charge in [-0.1, -0.05) is 54.8 Å². The number of hydrogen-bond donors (Lipinski definition) is 1. The zero-order valence-electron chi connectivity index (χ0n) is 12.3. The monoisotopic (exact) mass is 306 g/mol. The van der Waals surface area contributed by atoms with E-state index in [0.29, 0.717) is 24.9 Å². The molecule has 2 rings (SSSR count). The summed E-state index contributed by atoms with van der Waals surface area (Å²) in [4.78, 5) is 26.8. The number of aromatic nitrogens is 2. The number of benzene rings is 1. The fourth-order valence-corrected chi connectivity index (χ4v) is 2.62. The Kier molecular flexibility index (Phi) is 5.02. The molecule has 0 aliphatic heterocycles. The Hall–Kier alpha value is -1.81. The van der Waals surface area contributed by atoms with Gasteiger partial charge in [-0.05, 0) is 25.3 Å². The SMILES string of the molecule is CCCc1c(Cl)[nH]c(=O)n(CCc2cccc(C)c2)c1=O. The van der Waals surface area contributed by atoms with Crippen molar-refractivity contribution in [1.29, 1.82) is 0 Å². The number of hydrogen-bond acceptors (Lipinski definition) is 2. The number of rotatable bonds is 5. The highest BCUT2D eigenvalue weighted by Gasteiger charge is 2.11. The van der Waals surface area contributed by atoms with Crippen molar-refractivity contribution in [2.75, 3.05) is 0 Å². The first kappa shape index (κ1) is 15.6. The van der Waals surface area contributed by atoms with Gasteiger partial charge < -0.3 is 0 Å². The van der Waals surface area contributed by atoms with Crippen molar-refractivity contribution < 1.29 is 0 Å². The average molecular weight is 307 g/mol. The Morgan fingerprint density at radius 2 is 2.00 bits per heavy atom. The fraction of sp³-hybridized carbons (Fsp3) is 0.375. The quantitative estimate of drug-likeness (QED) is 0.864. The van der Waals surface area contributed by atoms with Crippen LogP contribution in [0.2, 0.25) is 5.15 Å². The van der Waals surface area contributed by atoms with E-state index in [1.165, 1.54) is 4.57 Å². The highest BCUT2D eigenvalue weighted by Crippen LogP contribution is 2.09. The van der Waals surface area contributed by atoms with Gasteiger partial charge in [0.25, 0.3) is 5.56 Å². The normalized spacial score (nSPS) is 10.8. The van der Waals surface area contributed by atoms with Gasteiger partial charge in [0.1, 0.15) is 5.15 Å². The lowest BCUT2D eigenvalue weighted by atomic mass is 10.1. The Morgan fingerprint density at radius 3 is 2.67 bits per heavy atom. The van der Waals surface area contributed by atoms with Gasteiger partial charge >= 0.3 is 5.69 Å². The van der Waals surface area contributed by atoms with Gasteiger partial charge in [0, 0.05) is 6.54 Å². The third-order valence-electron chi connectivity index (χ3n) is 3.44. The minimum absolute atomic E-state index is 0.165. The highest BCUT2D eigenvalue weighted by molar-refractivity contribution is 6.30. The van der Waals surface area contributed by atoms with Crippen LogP contribution in [0.25, 0.3) is 0 Å². The molecule has 1 heterocycles. The molecule has 1 N–H and O–H groups in total.